The second-order valence-electron chi connectivity index (χ2n) is 5.94. The van der Waals surface area contributed by atoms with E-state index in [2.05, 4.69) is 15.4 Å². The molecule has 0 unspecified atom stereocenters. The van der Waals surface area contributed by atoms with Crippen LogP contribution in [-0.4, -0.2) is 15.4 Å². The van der Waals surface area contributed by atoms with Gasteiger partial charge in [0.15, 0.2) is 5.69 Å². The Balaban J connectivity index is 2.01. The molecule has 0 bridgehead atoms. The van der Waals surface area contributed by atoms with Gasteiger partial charge >= 0.3 is 12.4 Å². The van der Waals surface area contributed by atoms with E-state index in [9.17, 15) is 30.7 Å². The van der Waals surface area contributed by atoms with Gasteiger partial charge in [0, 0.05) is 5.56 Å². The van der Waals surface area contributed by atoms with Crippen LogP contribution in [0.25, 0.3) is 11.3 Å². The Labute approximate surface area is 163 Å². The zero-order valence-electron chi connectivity index (χ0n) is 14.6. The van der Waals surface area contributed by atoms with Crippen LogP contribution < -0.4 is 4.74 Å². The fraction of sp³-hybridized carbons (Fsp3) is 0.167. The van der Waals surface area contributed by atoms with E-state index in [-0.39, 0.29) is 22.7 Å². The highest BCUT2D eigenvalue weighted by atomic mass is 19.4. The van der Waals surface area contributed by atoms with Crippen molar-refractivity contribution in [3.63, 3.8) is 0 Å². The molecular formula is C18H9F7N4O. The van der Waals surface area contributed by atoms with E-state index < -0.39 is 41.5 Å². The van der Waals surface area contributed by atoms with Crippen molar-refractivity contribution in [3.8, 4) is 23.1 Å². The second kappa shape index (κ2) is 7.66. The van der Waals surface area contributed by atoms with Crippen LogP contribution in [0, 0.1) is 17.1 Å². The molecule has 0 spiro atoms. The van der Waals surface area contributed by atoms with E-state index in [4.69, 9.17) is 10.00 Å². The van der Waals surface area contributed by atoms with Crippen molar-refractivity contribution in [1.82, 2.24) is 15.4 Å². The van der Waals surface area contributed by atoms with Crippen molar-refractivity contribution in [2.24, 2.45) is 0 Å². The molecular weight excluding hydrogens is 421 g/mol. The van der Waals surface area contributed by atoms with E-state index >= 15 is 0 Å². The summed E-state index contributed by atoms with van der Waals surface area (Å²) < 4.78 is 97.4. The Morgan fingerprint density at radius 2 is 1.73 bits per heavy atom. The molecule has 156 valence electrons. The van der Waals surface area contributed by atoms with E-state index in [0.717, 1.165) is 18.2 Å². The van der Waals surface area contributed by atoms with E-state index in [1.165, 1.54) is 0 Å². The highest BCUT2D eigenvalue weighted by Crippen LogP contribution is 2.38. The molecule has 1 heterocycles. The first-order chi connectivity index (χ1) is 14.0. The number of aromatic nitrogens is 3. The van der Waals surface area contributed by atoms with Gasteiger partial charge in [-0.1, -0.05) is 5.21 Å². The summed E-state index contributed by atoms with van der Waals surface area (Å²) in [6, 6.07) is 5.59. The maximum Gasteiger partial charge on any atom is 0.416 e. The highest BCUT2D eigenvalue weighted by Gasteiger charge is 2.37. The van der Waals surface area contributed by atoms with Crippen LogP contribution in [0.3, 0.4) is 0 Å². The molecule has 30 heavy (non-hydrogen) atoms. The van der Waals surface area contributed by atoms with Crippen molar-refractivity contribution < 1.29 is 35.5 Å². The second-order valence-corrected chi connectivity index (χ2v) is 5.94. The van der Waals surface area contributed by atoms with Crippen LogP contribution in [0.15, 0.2) is 36.4 Å². The van der Waals surface area contributed by atoms with Gasteiger partial charge in [0.25, 0.3) is 0 Å². The molecule has 0 aliphatic rings. The average Bonchev–Trinajstić information content (AvgIpc) is 3.14. The number of benzene rings is 2. The lowest BCUT2D eigenvalue weighted by Gasteiger charge is -2.17. The molecule has 0 fully saturated rings. The lowest BCUT2D eigenvalue weighted by molar-refractivity contribution is -0.142. The molecule has 12 heteroatoms. The van der Waals surface area contributed by atoms with Gasteiger partial charge in [0.2, 0.25) is 0 Å². The number of nitrogens with zero attached hydrogens (tertiary/aromatic N) is 3. The number of H-pyrrole nitrogens is 1. The van der Waals surface area contributed by atoms with E-state index in [1.807, 2.05) is 0 Å². The Hall–Kier alpha value is -3.62. The Morgan fingerprint density at radius 3 is 2.37 bits per heavy atom. The molecule has 0 atom stereocenters. The molecule has 1 aromatic heterocycles. The van der Waals surface area contributed by atoms with Gasteiger partial charge in [0.05, 0.1) is 16.7 Å². The summed E-state index contributed by atoms with van der Waals surface area (Å²) in [6.45, 7) is -0.906. The highest BCUT2D eigenvalue weighted by molar-refractivity contribution is 5.70. The minimum Gasteiger partial charge on any atom is -0.488 e. The first-order valence-corrected chi connectivity index (χ1v) is 8.02. The van der Waals surface area contributed by atoms with Gasteiger partial charge in [-0.2, -0.15) is 31.6 Å². The molecule has 5 nitrogen and oxygen atoms in total. The smallest absolute Gasteiger partial charge is 0.416 e. The standard InChI is InChI=1S/C18H9F7N4O/c19-11-2-4-15(12(6-11)16-14(7-26)27-29-28-16)30-8-9-5-10(17(20,21)22)1-3-13(9)18(23,24)25/h1-6H,8H2,(H,27,28,29). The predicted molar refractivity (Wildman–Crippen MR) is 87.3 cm³/mol. The molecule has 0 aliphatic heterocycles. The van der Waals surface area contributed by atoms with E-state index in [0.29, 0.717) is 18.2 Å². The van der Waals surface area contributed by atoms with E-state index in [1.54, 1.807) is 6.07 Å². The van der Waals surface area contributed by atoms with Crippen LogP contribution in [0.2, 0.25) is 0 Å². The number of alkyl halides is 6. The largest absolute Gasteiger partial charge is 0.488 e. The summed E-state index contributed by atoms with van der Waals surface area (Å²) in [5.41, 5.74) is -3.77. The first-order valence-electron chi connectivity index (χ1n) is 8.02. The third-order valence-corrected chi connectivity index (χ3v) is 3.98. The zero-order valence-corrected chi connectivity index (χ0v) is 14.6. The van der Waals surface area contributed by atoms with Crippen molar-refractivity contribution in [3.05, 3.63) is 64.6 Å². The summed E-state index contributed by atoms with van der Waals surface area (Å²) in [6.07, 6.45) is -9.78. The maximum atomic E-state index is 13.7. The number of nitriles is 1. The minimum absolute atomic E-state index is 0.110. The van der Waals surface area contributed by atoms with Gasteiger partial charge in [-0.05, 0) is 36.4 Å². The summed E-state index contributed by atoms with van der Waals surface area (Å²) in [7, 11) is 0. The third-order valence-electron chi connectivity index (χ3n) is 3.98. The number of aromatic amines is 1. The van der Waals surface area contributed by atoms with Crippen molar-refractivity contribution in [1.29, 1.82) is 5.26 Å². The van der Waals surface area contributed by atoms with Crippen LogP contribution in [0.4, 0.5) is 30.7 Å². The van der Waals surface area contributed by atoms with Crippen LogP contribution >= 0.6 is 0 Å². The van der Waals surface area contributed by atoms with Gasteiger partial charge in [-0.15, -0.1) is 5.10 Å². The summed E-state index contributed by atoms with van der Waals surface area (Å²) in [5, 5.41) is 18.3. The number of rotatable bonds is 4. The summed E-state index contributed by atoms with van der Waals surface area (Å²) in [4.78, 5) is 0. The molecule has 1 N–H and O–H groups in total. The molecule has 0 amide bonds. The molecule has 3 aromatic rings. The fourth-order valence-electron chi connectivity index (χ4n) is 2.63. The Morgan fingerprint density at radius 1 is 1.00 bits per heavy atom. The number of nitrogens with one attached hydrogen (secondary N) is 1. The lowest BCUT2D eigenvalue weighted by atomic mass is 10.0. The quantitative estimate of drug-likeness (QED) is 0.585. The molecule has 0 saturated heterocycles. The normalized spacial score (nSPS) is 11.9. The maximum absolute atomic E-state index is 13.7. The monoisotopic (exact) mass is 430 g/mol. The Kier molecular flexibility index (Phi) is 5.39. The van der Waals surface area contributed by atoms with Crippen LogP contribution in [-0.2, 0) is 19.0 Å². The van der Waals surface area contributed by atoms with Gasteiger partial charge in [-0.25, -0.2) is 9.49 Å². The van der Waals surface area contributed by atoms with Crippen molar-refractivity contribution in [2.45, 2.75) is 19.0 Å². The third kappa shape index (κ3) is 4.35. The SMILES string of the molecule is N#Cc1[nH]nnc1-c1cc(F)ccc1OCc1cc(C(F)(F)F)ccc1C(F)(F)F. The number of hydrogen-bond donors (Lipinski definition) is 1. The van der Waals surface area contributed by atoms with Crippen LogP contribution in [0.1, 0.15) is 22.4 Å². The van der Waals surface area contributed by atoms with Crippen molar-refractivity contribution >= 4 is 0 Å². The fourth-order valence-corrected chi connectivity index (χ4v) is 2.63. The number of halogens is 7. The van der Waals surface area contributed by atoms with Gasteiger partial charge in [0.1, 0.15) is 29.9 Å². The Bertz CT molecular complexity index is 1110. The molecule has 0 saturated carbocycles. The molecule has 3 rings (SSSR count). The summed E-state index contributed by atoms with van der Waals surface area (Å²) in [5.74, 6) is -0.966. The predicted octanol–water partition coefficient (Wildman–Crippen LogP) is 5.10. The topological polar surface area (TPSA) is 74.6 Å². The zero-order chi connectivity index (χ0) is 22.1. The van der Waals surface area contributed by atoms with Gasteiger partial charge < -0.3 is 4.74 Å². The summed E-state index contributed by atoms with van der Waals surface area (Å²) >= 11 is 0. The van der Waals surface area contributed by atoms with Crippen LogP contribution in [0.5, 0.6) is 5.75 Å². The number of ether oxygens (including phenoxy) is 1. The molecule has 0 radical (unpaired) electrons. The van der Waals surface area contributed by atoms with Gasteiger partial charge in [-0.3, -0.25) is 0 Å². The lowest BCUT2D eigenvalue weighted by Crippen LogP contribution is -2.14. The molecule has 0 aliphatic carbocycles. The first kappa shape index (κ1) is 21.1. The number of hydrogen-bond acceptors (Lipinski definition) is 4. The minimum atomic E-state index is -4.92. The van der Waals surface area contributed by atoms with Crippen molar-refractivity contribution in [2.75, 3.05) is 0 Å². The average molecular weight is 430 g/mol. The molecule has 2 aromatic carbocycles.